The van der Waals surface area contributed by atoms with E-state index in [0.29, 0.717) is 6.42 Å². The van der Waals surface area contributed by atoms with Gasteiger partial charge in [-0.05, 0) is 52.8 Å². The highest BCUT2D eigenvalue weighted by atomic mass is 16.4. The fourth-order valence-corrected chi connectivity index (χ4v) is 1.88. The van der Waals surface area contributed by atoms with Gasteiger partial charge < -0.3 is 10.0 Å². The summed E-state index contributed by atoms with van der Waals surface area (Å²) in [5.41, 5.74) is 1.98. The molecule has 0 aromatic heterocycles. The minimum absolute atomic E-state index is 0.641. The summed E-state index contributed by atoms with van der Waals surface area (Å²) in [6.07, 6.45) is 1.68. The standard InChI is InChI=1S/C16H25NO2/c1-13-6-5-7-14(12-13)8-10-17(4)11-9-16(2,3)15(18)19/h5-7,12H,8-11H2,1-4H3,(H,18,19). The predicted molar refractivity (Wildman–Crippen MR) is 78.4 cm³/mol. The van der Waals surface area contributed by atoms with Gasteiger partial charge in [0.2, 0.25) is 0 Å². The quantitative estimate of drug-likeness (QED) is 0.822. The molecule has 1 aromatic rings. The molecule has 19 heavy (non-hydrogen) atoms. The molecule has 0 radical (unpaired) electrons. The predicted octanol–water partition coefficient (Wildman–Crippen LogP) is 2.97. The van der Waals surface area contributed by atoms with Crippen LogP contribution in [-0.2, 0) is 11.2 Å². The van der Waals surface area contributed by atoms with E-state index in [9.17, 15) is 4.79 Å². The summed E-state index contributed by atoms with van der Waals surface area (Å²) in [4.78, 5) is 13.2. The average molecular weight is 263 g/mol. The SMILES string of the molecule is Cc1cccc(CCN(C)CCC(C)(C)C(=O)O)c1. The molecule has 106 valence electrons. The smallest absolute Gasteiger partial charge is 0.309 e. The van der Waals surface area contributed by atoms with Crippen LogP contribution < -0.4 is 0 Å². The summed E-state index contributed by atoms with van der Waals surface area (Å²) < 4.78 is 0. The Hall–Kier alpha value is -1.35. The van der Waals surface area contributed by atoms with Crippen molar-refractivity contribution in [2.75, 3.05) is 20.1 Å². The molecule has 0 amide bonds. The molecule has 0 saturated carbocycles. The van der Waals surface area contributed by atoms with Crippen LogP contribution in [0.25, 0.3) is 0 Å². The van der Waals surface area contributed by atoms with E-state index >= 15 is 0 Å². The summed E-state index contributed by atoms with van der Waals surface area (Å²) >= 11 is 0. The second-order valence-electron chi connectivity index (χ2n) is 5.98. The van der Waals surface area contributed by atoms with Gasteiger partial charge in [0.05, 0.1) is 5.41 Å². The minimum atomic E-state index is -0.723. The van der Waals surface area contributed by atoms with Crippen molar-refractivity contribution >= 4 is 5.97 Å². The Morgan fingerprint density at radius 3 is 2.58 bits per heavy atom. The van der Waals surface area contributed by atoms with Gasteiger partial charge in [0.25, 0.3) is 0 Å². The maximum absolute atomic E-state index is 11.0. The van der Waals surface area contributed by atoms with Crippen molar-refractivity contribution < 1.29 is 9.90 Å². The Labute approximate surface area is 116 Å². The lowest BCUT2D eigenvalue weighted by atomic mass is 9.89. The molecular formula is C16H25NO2. The van der Waals surface area contributed by atoms with Gasteiger partial charge >= 0.3 is 5.97 Å². The van der Waals surface area contributed by atoms with E-state index in [-0.39, 0.29) is 0 Å². The van der Waals surface area contributed by atoms with Gasteiger partial charge in [0.1, 0.15) is 0 Å². The topological polar surface area (TPSA) is 40.5 Å². The number of aliphatic carboxylic acids is 1. The Bertz CT molecular complexity index is 427. The van der Waals surface area contributed by atoms with Crippen LogP contribution in [0.2, 0.25) is 0 Å². The van der Waals surface area contributed by atoms with Crippen LogP contribution in [0.3, 0.4) is 0 Å². The average Bonchev–Trinajstić information content (AvgIpc) is 2.34. The highest BCUT2D eigenvalue weighted by molar-refractivity contribution is 5.73. The third-order valence-electron chi connectivity index (χ3n) is 3.56. The maximum atomic E-state index is 11.0. The molecular weight excluding hydrogens is 238 g/mol. The first kappa shape index (κ1) is 15.7. The van der Waals surface area contributed by atoms with Crippen LogP contribution >= 0.6 is 0 Å². The first-order chi connectivity index (χ1) is 8.81. The van der Waals surface area contributed by atoms with Crippen molar-refractivity contribution in [3.8, 4) is 0 Å². The highest BCUT2D eigenvalue weighted by Crippen LogP contribution is 2.20. The third-order valence-corrected chi connectivity index (χ3v) is 3.56. The third kappa shape index (κ3) is 5.43. The molecule has 0 aliphatic heterocycles. The molecule has 0 spiro atoms. The number of hydrogen-bond donors (Lipinski definition) is 1. The lowest BCUT2D eigenvalue weighted by molar-refractivity contribution is -0.147. The van der Waals surface area contributed by atoms with Crippen molar-refractivity contribution in [2.45, 2.75) is 33.6 Å². The maximum Gasteiger partial charge on any atom is 0.309 e. The number of carboxylic acid groups (broad SMARTS) is 1. The number of nitrogens with zero attached hydrogens (tertiary/aromatic N) is 1. The van der Waals surface area contributed by atoms with Gasteiger partial charge in [-0.25, -0.2) is 0 Å². The monoisotopic (exact) mass is 263 g/mol. The Morgan fingerprint density at radius 2 is 2.00 bits per heavy atom. The molecule has 0 unspecified atom stereocenters. The van der Waals surface area contributed by atoms with E-state index in [1.54, 1.807) is 13.8 Å². The van der Waals surface area contributed by atoms with Crippen LogP contribution in [0.15, 0.2) is 24.3 Å². The van der Waals surface area contributed by atoms with Crippen LogP contribution in [0, 0.1) is 12.3 Å². The minimum Gasteiger partial charge on any atom is -0.481 e. The van der Waals surface area contributed by atoms with Crippen LogP contribution in [0.1, 0.15) is 31.4 Å². The number of rotatable bonds is 7. The Kier molecular flexibility index (Phi) is 5.55. The molecule has 0 saturated heterocycles. The molecule has 0 heterocycles. The summed E-state index contributed by atoms with van der Waals surface area (Å²) in [6.45, 7) is 7.43. The van der Waals surface area contributed by atoms with Crippen molar-refractivity contribution in [2.24, 2.45) is 5.41 Å². The van der Waals surface area contributed by atoms with Crippen molar-refractivity contribution in [1.29, 1.82) is 0 Å². The summed E-state index contributed by atoms with van der Waals surface area (Å²) in [7, 11) is 2.05. The molecule has 0 aliphatic rings. The lowest BCUT2D eigenvalue weighted by Gasteiger charge is -2.23. The van der Waals surface area contributed by atoms with E-state index in [1.807, 2.05) is 7.05 Å². The Morgan fingerprint density at radius 1 is 1.32 bits per heavy atom. The fraction of sp³-hybridized carbons (Fsp3) is 0.562. The summed E-state index contributed by atoms with van der Waals surface area (Å²) in [6, 6.07) is 8.53. The fourth-order valence-electron chi connectivity index (χ4n) is 1.88. The van der Waals surface area contributed by atoms with Crippen molar-refractivity contribution in [3.05, 3.63) is 35.4 Å². The van der Waals surface area contributed by atoms with Gasteiger partial charge in [0.15, 0.2) is 0 Å². The number of hydrogen-bond acceptors (Lipinski definition) is 2. The first-order valence-electron chi connectivity index (χ1n) is 6.79. The molecule has 3 nitrogen and oxygen atoms in total. The molecule has 0 fully saturated rings. The second-order valence-corrected chi connectivity index (χ2v) is 5.98. The van der Waals surface area contributed by atoms with Gasteiger partial charge in [0, 0.05) is 6.54 Å². The van der Waals surface area contributed by atoms with Crippen molar-refractivity contribution in [3.63, 3.8) is 0 Å². The van der Waals surface area contributed by atoms with Gasteiger partial charge in [-0.1, -0.05) is 29.8 Å². The van der Waals surface area contributed by atoms with Gasteiger partial charge in [-0.15, -0.1) is 0 Å². The number of benzene rings is 1. The zero-order chi connectivity index (χ0) is 14.5. The van der Waals surface area contributed by atoms with E-state index in [2.05, 4.69) is 36.1 Å². The molecule has 3 heteroatoms. The normalized spacial score (nSPS) is 11.8. The lowest BCUT2D eigenvalue weighted by Crippen LogP contribution is -2.31. The number of carboxylic acids is 1. The zero-order valence-corrected chi connectivity index (χ0v) is 12.4. The number of likely N-dealkylation sites (N-methyl/N-ethyl adjacent to an activating group) is 1. The Balaban J connectivity index is 2.36. The molecule has 0 aliphatic carbocycles. The number of aryl methyl sites for hydroxylation is 1. The second kappa shape index (κ2) is 6.71. The van der Waals surface area contributed by atoms with Crippen LogP contribution in [0.4, 0.5) is 0 Å². The molecule has 1 rings (SSSR count). The van der Waals surface area contributed by atoms with Crippen LogP contribution in [-0.4, -0.2) is 36.1 Å². The van der Waals surface area contributed by atoms with Gasteiger partial charge in [-0.3, -0.25) is 4.79 Å². The van der Waals surface area contributed by atoms with E-state index in [0.717, 1.165) is 19.5 Å². The first-order valence-corrected chi connectivity index (χ1v) is 6.79. The van der Waals surface area contributed by atoms with E-state index in [4.69, 9.17) is 5.11 Å². The van der Waals surface area contributed by atoms with Gasteiger partial charge in [-0.2, -0.15) is 0 Å². The van der Waals surface area contributed by atoms with Crippen LogP contribution in [0.5, 0.6) is 0 Å². The molecule has 0 atom stereocenters. The zero-order valence-electron chi connectivity index (χ0n) is 12.4. The van der Waals surface area contributed by atoms with E-state index in [1.165, 1.54) is 11.1 Å². The molecule has 0 bridgehead atoms. The molecule has 1 N–H and O–H groups in total. The van der Waals surface area contributed by atoms with Crippen molar-refractivity contribution in [1.82, 2.24) is 4.90 Å². The highest BCUT2D eigenvalue weighted by Gasteiger charge is 2.26. The number of carbonyl (C=O) groups is 1. The summed E-state index contributed by atoms with van der Waals surface area (Å²) in [5, 5.41) is 9.07. The summed E-state index contributed by atoms with van der Waals surface area (Å²) in [5.74, 6) is -0.723. The largest absolute Gasteiger partial charge is 0.481 e. The van der Waals surface area contributed by atoms with E-state index < -0.39 is 11.4 Å². The molecule has 1 aromatic carbocycles.